The number of aliphatic hydroxyl groups excluding tert-OH is 1. The quantitative estimate of drug-likeness (QED) is 0.705. The van der Waals surface area contributed by atoms with Gasteiger partial charge in [-0.3, -0.25) is 0 Å². The molecule has 0 spiro atoms. The molecule has 0 radical (unpaired) electrons. The molecule has 1 atom stereocenters. The van der Waals surface area contributed by atoms with Crippen molar-refractivity contribution in [2.45, 2.75) is 44.6 Å². The highest BCUT2D eigenvalue weighted by Crippen LogP contribution is 2.34. The van der Waals surface area contributed by atoms with Gasteiger partial charge in [-0.1, -0.05) is 19.3 Å². The maximum atomic E-state index is 8.76. The van der Waals surface area contributed by atoms with Crippen LogP contribution in [-0.2, 0) is 4.74 Å². The molecule has 1 fully saturated rings. The largest absolute Gasteiger partial charge is 0.394 e. The number of hydrogen-bond donors (Lipinski definition) is 2. The lowest BCUT2D eigenvalue weighted by atomic mass is 9.77. The third-order valence-electron chi connectivity index (χ3n) is 3.40. The highest BCUT2D eigenvalue weighted by Gasteiger charge is 2.34. The normalized spacial score (nSPS) is 23.4. The Kier molecular flexibility index (Phi) is 4.85. The van der Waals surface area contributed by atoms with Gasteiger partial charge in [0.05, 0.1) is 18.8 Å². The van der Waals surface area contributed by atoms with Crippen LogP contribution >= 0.6 is 0 Å². The molecule has 14 heavy (non-hydrogen) atoms. The second kappa shape index (κ2) is 5.69. The van der Waals surface area contributed by atoms with Crippen molar-refractivity contribution in [3.05, 3.63) is 0 Å². The Labute approximate surface area is 86.6 Å². The molecule has 1 rings (SSSR count). The van der Waals surface area contributed by atoms with Gasteiger partial charge in [-0.15, -0.1) is 0 Å². The first kappa shape index (κ1) is 12.0. The van der Waals surface area contributed by atoms with Gasteiger partial charge in [0.15, 0.2) is 0 Å². The molecule has 0 aliphatic heterocycles. The Hall–Kier alpha value is -0.120. The average molecular weight is 201 g/mol. The van der Waals surface area contributed by atoms with E-state index in [-0.39, 0.29) is 12.2 Å². The summed E-state index contributed by atoms with van der Waals surface area (Å²) in [6.45, 7) is 3.13. The van der Waals surface area contributed by atoms with E-state index < -0.39 is 0 Å². The van der Waals surface area contributed by atoms with Gasteiger partial charge in [-0.2, -0.15) is 0 Å². The summed E-state index contributed by atoms with van der Waals surface area (Å²) in [5.74, 6) is 0.577. The van der Waals surface area contributed by atoms with Crippen LogP contribution in [0.15, 0.2) is 0 Å². The second-order valence-corrected chi connectivity index (χ2v) is 4.42. The first-order chi connectivity index (χ1) is 6.73. The predicted octanol–water partition coefficient (Wildman–Crippen LogP) is 1.29. The van der Waals surface area contributed by atoms with Gasteiger partial charge in [-0.05, 0) is 25.7 Å². The van der Waals surface area contributed by atoms with Gasteiger partial charge in [0.1, 0.15) is 0 Å². The smallest absolute Gasteiger partial charge is 0.0805 e. The van der Waals surface area contributed by atoms with E-state index in [4.69, 9.17) is 15.6 Å². The molecular formula is C11H23NO2. The second-order valence-electron chi connectivity index (χ2n) is 4.42. The highest BCUT2D eigenvalue weighted by molar-refractivity contribution is 4.87. The van der Waals surface area contributed by atoms with E-state index in [1.165, 1.54) is 32.1 Å². The summed E-state index contributed by atoms with van der Waals surface area (Å²) in [6, 6.07) is 0. The molecule has 0 aromatic carbocycles. The lowest BCUT2D eigenvalue weighted by molar-refractivity contribution is -0.0860. The van der Waals surface area contributed by atoms with E-state index in [1.54, 1.807) is 0 Å². The van der Waals surface area contributed by atoms with Crippen LogP contribution in [0.4, 0.5) is 0 Å². The molecule has 0 bridgehead atoms. The zero-order chi connectivity index (χ0) is 10.4. The number of rotatable bonds is 5. The fourth-order valence-corrected chi connectivity index (χ4v) is 2.34. The monoisotopic (exact) mass is 201 g/mol. The van der Waals surface area contributed by atoms with Crippen molar-refractivity contribution in [1.82, 2.24) is 0 Å². The molecule has 0 saturated heterocycles. The number of aliphatic hydroxyl groups is 1. The first-order valence-corrected chi connectivity index (χ1v) is 5.68. The minimum absolute atomic E-state index is 0.0856. The molecule has 0 amide bonds. The minimum Gasteiger partial charge on any atom is -0.394 e. The molecule has 84 valence electrons. The van der Waals surface area contributed by atoms with Crippen LogP contribution in [0.2, 0.25) is 0 Å². The van der Waals surface area contributed by atoms with Gasteiger partial charge in [0.25, 0.3) is 0 Å². The van der Waals surface area contributed by atoms with Gasteiger partial charge < -0.3 is 15.6 Å². The summed E-state index contributed by atoms with van der Waals surface area (Å²) in [4.78, 5) is 0. The van der Waals surface area contributed by atoms with Crippen LogP contribution in [0, 0.1) is 5.92 Å². The summed E-state index contributed by atoms with van der Waals surface area (Å²) < 4.78 is 5.69. The van der Waals surface area contributed by atoms with Gasteiger partial charge in [-0.25, -0.2) is 0 Å². The van der Waals surface area contributed by atoms with Crippen molar-refractivity contribution in [3.8, 4) is 0 Å². The van der Waals surface area contributed by atoms with Crippen LogP contribution in [0.5, 0.6) is 0 Å². The van der Waals surface area contributed by atoms with E-state index in [9.17, 15) is 0 Å². The highest BCUT2D eigenvalue weighted by atomic mass is 16.5. The maximum Gasteiger partial charge on any atom is 0.0805 e. The van der Waals surface area contributed by atoms with Crippen LogP contribution in [-0.4, -0.2) is 30.5 Å². The van der Waals surface area contributed by atoms with Crippen molar-refractivity contribution in [3.63, 3.8) is 0 Å². The fourth-order valence-electron chi connectivity index (χ4n) is 2.34. The van der Waals surface area contributed by atoms with Crippen molar-refractivity contribution in [2.75, 3.05) is 19.8 Å². The zero-order valence-electron chi connectivity index (χ0n) is 9.17. The molecule has 1 saturated carbocycles. The molecule has 1 aliphatic rings. The van der Waals surface area contributed by atoms with Crippen molar-refractivity contribution >= 4 is 0 Å². The number of nitrogens with two attached hydrogens (primary N) is 1. The average Bonchev–Trinajstić information content (AvgIpc) is 2.27. The third-order valence-corrected chi connectivity index (χ3v) is 3.40. The summed E-state index contributed by atoms with van der Waals surface area (Å²) in [5, 5.41) is 8.76. The topological polar surface area (TPSA) is 55.5 Å². The molecule has 0 heterocycles. The zero-order valence-corrected chi connectivity index (χ0v) is 9.17. The predicted molar refractivity (Wildman–Crippen MR) is 57.1 cm³/mol. The maximum absolute atomic E-state index is 8.76. The Morgan fingerprint density at radius 3 is 2.50 bits per heavy atom. The lowest BCUT2D eigenvalue weighted by Crippen LogP contribution is -2.46. The molecule has 3 N–H and O–H groups in total. The van der Waals surface area contributed by atoms with E-state index in [0.29, 0.717) is 19.1 Å². The third kappa shape index (κ3) is 2.94. The summed E-state index contributed by atoms with van der Waals surface area (Å²) in [6.07, 6.45) is 6.38. The van der Waals surface area contributed by atoms with Crippen molar-refractivity contribution in [2.24, 2.45) is 11.7 Å². The van der Waals surface area contributed by atoms with Crippen LogP contribution in [0.1, 0.15) is 39.0 Å². The van der Waals surface area contributed by atoms with Crippen LogP contribution in [0.3, 0.4) is 0 Å². The Morgan fingerprint density at radius 2 is 2.00 bits per heavy atom. The minimum atomic E-state index is -0.219. The molecule has 1 aliphatic carbocycles. The molecular weight excluding hydrogens is 178 g/mol. The van der Waals surface area contributed by atoms with E-state index in [2.05, 4.69) is 6.92 Å². The number of hydrogen-bond acceptors (Lipinski definition) is 3. The van der Waals surface area contributed by atoms with Gasteiger partial charge in [0.2, 0.25) is 0 Å². The molecule has 3 heteroatoms. The standard InChI is InChI=1S/C11H23NO2/c1-11(9-12,14-8-7-13)10-5-3-2-4-6-10/h10,13H,2-9,12H2,1H3. The SMILES string of the molecule is CC(CN)(OCCO)C1CCCCC1. The molecule has 3 nitrogen and oxygen atoms in total. The number of ether oxygens (including phenoxy) is 1. The Bertz CT molecular complexity index is 157. The Balaban J connectivity index is 2.47. The summed E-state index contributed by atoms with van der Waals surface area (Å²) in [5.41, 5.74) is 5.55. The lowest BCUT2D eigenvalue weighted by Gasteiger charge is -2.38. The fraction of sp³-hybridized carbons (Fsp3) is 1.00. The van der Waals surface area contributed by atoms with Crippen LogP contribution < -0.4 is 5.73 Å². The van der Waals surface area contributed by atoms with E-state index in [1.807, 2.05) is 0 Å². The van der Waals surface area contributed by atoms with Gasteiger partial charge >= 0.3 is 0 Å². The van der Waals surface area contributed by atoms with E-state index >= 15 is 0 Å². The van der Waals surface area contributed by atoms with Crippen molar-refractivity contribution in [1.29, 1.82) is 0 Å². The molecule has 0 aromatic heterocycles. The summed E-state index contributed by atoms with van der Waals surface area (Å²) >= 11 is 0. The molecule has 1 unspecified atom stereocenters. The van der Waals surface area contributed by atoms with Gasteiger partial charge in [0, 0.05) is 6.54 Å². The Morgan fingerprint density at radius 1 is 1.36 bits per heavy atom. The molecule has 0 aromatic rings. The van der Waals surface area contributed by atoms with Crippen LogP contribution in [0.25, 0.3) is 0 Å². The summed E-state index contributed by atoms with van der Waals surface area (Å²) in [7, 11) is 0. The van der Waals surface area contributed by atoms with E-state index in [0.717, 1.165) is 0 Å². The van der Waals surface area contributed by atoms with Crippen molar-refractivity contribution < 1.29 is 9.84 Å². The first-order valence-electron chi connectivity index (χ1n) is 5.68.